The number of carbonyl (C=O) groups is 1. The molecule has 108 valence electrons. The monoisotopic (exact) mass is 270 g/mol. The lowest BCUT2D eigenvalue weighted by atomic mass is 9.95. The highest BCUT2D eigenvalue weighted by Gasteiger charge is 2.18. The number of carbonyl (C=O) groups excluding carboxylic acids is 1. The smallest absolute Gasteiger partial charge is 0.317 e. The van der Waals surface area contributed by atoms with Gasteiger partial charge in [0.1, 0.15) is 0 Å². The van der Waals surface area contributed by atoms with Gasteiger partial charge in [0.25, 0.3) is 0 Å². The number of aliphatic hydroxyl groups is 1. The van der Waals surface area contributed by atoms with E-state index >= 15 is 0 Å². The van der Waals surface area contributed by atoms with Gasteiger partial charge < -0.3 is 19.8 Å². The molecule has 0 unspecified atom stereocenters. The number of aromatic nitrogens is 2. The largest absolute Gasteiger partial charge is 0.396 e. The predicted molar refractivity (Wildman–Crippen MR) is 69.6 cm³/mol. The van der Waals surface area contributed by atoms with Crippen LogP contribution in [0.4, 0.5) is 4.79 Å². The van der Waals surface area contributed by atoms with Crippen LogP contribution in [0, 0.1) is 12.3 Å². The summed E-state index contributed by atoms with van der Waals surface area (Å²) in [6.07, 6.45) is 0.546. The van der Waals surface area contributed by atoms with Gasteiger partial charge in [-0.25, -0.2) is 4.79 Å². The number of aryl methyl sites for hydroxylation is 1. The van der Waals surface area contributed by atoms with E-state index in [2.05, 4.69) is 15.5 Å². The van der Waals surface area contributed by atoms with E-state index in [1.54, 1.807) is 18.9 Å². The summed E-state index contributed by atoms with van der Waals surface area (Å²) in [5, 5.41) is 15.7. The second kappa shape index (κ2) is 6.51. The Labute approximate surface area is 113 Å². The summed E-state index contributed by atoms with van der Waals surface area (Å²) in [6.45, 7) is 6.45. The molecule has 1 aromatic rings. The van der Waals surface area contributed by atoms with Crippen LogP contribution in [0.15, 0.2) is 4.52 Å². The van der Waals surface area contributed by atoms with Gasteiger partial charge in [0, 0.05) is 45.5 Å². The second-order valence-electron chi connectivity index (χ2n) is 5.38. The lowest BCUT2D eigenvalue weighted by Crippen LogP contribution is -2.43. The maximum Gasteiger partial charge on any atom is 0.317 e. The normalized spacial score (nSPS) is 11.4. The Bertz CT molecular complexity index is 417. The first-order valence-electron chi connectivity index (χ1n) is 6.23. The minimum atomic E-state index is -0.318. The summed E-state index contributed by atoms with van der Waals surface area (Å²) in [4.78, 5) is 17.4. The van der Waals surface area contributed by atoms with E-state index in [9.17, 15) is 4.79 Å². The Kier molecular flexibility index (Phi) is 5.29. The van der Waals surface area contributed by atoms with Crippen molar-refractivity contribution in [3.63, 3.8) is 0 Å². The average molecular weight is 270 g/mol. The molecule has 7 heteroatoms. The summed E-state index contributed by atoms with van der Waals surface area (Å²) in [5.74, 6) is 1.11. The number of urea groups is 1. The number of aliphatic hydroxyl groups excluding tert-OH is 1. The van der Waals surface area contributed by atoms with Crippen LogP contribution in [-0.2, 0) is 6.42 Å². The van der Waals surface area contributed by atoms with Crippen molar-refractivity contribution in [2.45, 2.75) is 27.2 Å². The minimum absolute atomic E-state index is 0.0269. The topological polar surface area (TPSA) is 91.5 Å². The summed E-state index contributed by atoms with van der Waals surface area (Å²) in [5.41, 5.74) is -0.318. The number of hydrogen-bond donors (Lipinski definition) is 2. The van der Waals surface area contributed by atoms with E-state index < -0.39 is 0 Å². The molecule has 0 spiro atoms. The van der Waals surface area contributed by atoms with Crippen LogP contribution in [0.2, 0.25) is 0 Å². The lowest BCUT2D eigenvalue weighted by molar-refractivity contribution is 0.152. The highest BCUT2D eigenvalue weighted by atomic mass is 16.5. The summed E-state index contributed by atoms with van der Waals surface area (Å²) >= 11 is 0. The molecule has 0 aliphatic carbocycles. The number of nitrogens with one attached hydrogen (secondary N) is 1. The molecule has 19 heavy (non-hydrogen) atoms. The van der Waals surface area contributed by atoms with Crippen LogP contribution >= 0.6 is 0 Å². The molecule has 0 aromatic carbocycles. The third-order valence-electron chi connectivity index (χ3n) is 2.73. The van der Waals surface area contributed by atoms with Crippen LogP contribution in [0.1, 0.15) is 25.6 Å². The average Bonchev–Trinajstić information content (AvgIpc) is 2.79. The molecule has 0 saturated carbocycles. The van der Waals surface area contributed by atoms with Crippen molar-refractivity contribution in [1.82, 2.24) is 20.4 Å². The highest BCUT2D eigenvalue weighted by molar-refractivity contribution is 5.73. The first kappa shape index (κ1) is 15.4. The summed E-state index contributed by atoms with van der Waals surface area (Å²) < 4.78 is 4.86. The minimum Gasteiger partial charge on any atom is -0.396 e. The maximum absolute atomic E-state index is 11.8. The molecule has 1 rings (SSSR count). The van der Waals surface area contributed by atoms with Gasteiger partial charge in [-0.2, -0.15) is 4.98 Å². The standard InChI is InChI=1S/C12H22N4O3/c1-9-14-10(15-19-9)5-6-16(4)11(18)13-7-12(2,3)8-17/h17H,5-8H2,1-4H3,(H,13,18). The molecule has 2 amide bonds. The van der Waals surface area contributed by atoms with Crippen LogP contribution in [0.25, 0.3) is 0 Å². The van der Waals surface area contributed by atoms with Crippen molar-refractivity contribution in [3.05, 3.63) is 11.7 Å². The van der Waals surface area contributed by atoms with Crippen molar-refractivity contribution >= 4 is 6.03 Å². The number of hydrogen-bond acceptors (Lipinski definition) is 5. The SMILES string of the molecule is Cc1nc(CCN(C)C(=O)NCC(C)(C)CO)no1. The molecule has 1 aromatic heterocycles. The van der Waals surface area contributed by atoms with Crippen LogP contribution in [0.5, 0.6) is 0 Å². The van der Waals surface area contributed by atoms with Gasteiger partial charge in [-0.15, -0.1) is 0 Å². The molecule has 7 nitrogen and oxygen atoms in total. The Morgan fingerprint density at radius 3 is 2.74 bits per heavy atom. The first-order chi connectivity index (χ1) is 8.84. The predicted octanol–water partition coefficient (Wildman–Crippen LogP) is 0.580. The number of amides is 2. The fourth-order valence-corrected chi connectivity index (χ4v) is 1.32. The van der Waals surface area contributed by atoms with Gasteiger partial charge in [-0.1, -0.05) is 19.0 Å². The van der Waals surface area contributed by atoms with E-state index in [1.165, 1.54) is 0 Å². The fourth-order valence-electron chi connectivity index (χ4n) is 1.32. The van der Waals surface area contributed by atoms with Crippen molar-refractivity contribution in [3.8, 4) is 0 Å². The summed E-state index contributed by atoms with van der Waals surface area (Å²) in [6, 6.07) is -0.179. The summed E-state index contributed by atoms with van der Waals surface area (Å²) in [7, 11) is 1.70. The van der Waals surface area contributed by atoms with Crippen molar-refractivity contribution in [2.75, 3.05) is 26.7 Å². The molecule has 2 N–H and O–H groups in total. The van der Waals surface area contributed by atoms with Crippen LogP contribution in [-0.4, -0.2) is 52.9 Å². The van der Waals surface area contributed by atoms with E-state index in [4.69, 9.17) is 9.63 Å². The molecule has 0 aliphatic rings. The van der Waals surface area contributed by atoms with Gasteiger partial charge in [0.2, 0.25) is 5.89 Å². The van der Waals surface area contributed by atoms with Crippen LogP contribution in [0.3, 0.4) is 0 Å². The van der Waals surface area contributed by atoms with Crippen molar-refractivity contribution < 1.29 is 14.4 Å². The Morgan fingerprint density at radius 2 is 2.21 bits per heavy atom. The number of nitrogens with zero attached hydrogens (tertiary/aromatic N) is 3. The zero-order valence-electron chi connectivity index (χ0n) is 11.9. The Morgan fingerprint density at radius 1 is 1.53 bits per heavy atom. The molecule has 0 radical (unpaired) electrons. The van der Waals surface area contributed by atoms with E-state index in [0.29, 0.717) is 31.2 Å². The van der Waals surface area contributed by atoms with Gasteiger partial charge in [-0.05, 0) is 0 Å². The Balaban J connectivity index is 2.32. The number of rotatable bonds is 6. The van der Waals surface area contributed by atoms with Crippen molar-refractivity contribution in [1.29, 1.82) is 0 Å². The van der Waals surface area contributed by atoms with E-state index in [0.717, 1.165) is 0 Å². The third kappa shape index (κ3) is 5.25. The third-order valence-corrected chi connectivity index (χ3v) is 2.73. The molecular weight excluding hydrogens is 248 g/mol. The molecule has 0 saturated heterocycles. The molecule has 0 atom stereocenters. The zero-order valence-corrected chi connectivity index (χ0v) is 11.9. The quantitative estimate of drug-likeness (QED) is 0.789. The molecular formula is C12H22N4O3. The number of likely N-dealkylation sites (N-methyl/N-ethyl adjacent to an activating group) is 1. The zero-order chi connectivity index (χ0) is 14.5. The van der Waals surface area contributed by atoms with Gasteiger partial charge in [-0.3, -0.25) is 0 Å². The first-order valence-corrected chi connectivity index (χ1v) is 6.23. The van der Waals surface area contributed by atoms with E-state index in [-0.39, 0.29) is 18.1 Å². The fraction of sp³-hybridized carbons (Fsp3) is 0.750. The van der Waals surface area contributed by atoms with Gasteiger partial charge in [0.15, 0.2) is 5.82 Å². The lowest BCUT2D eigenvalue weighted by Gasteiger charge is -2.24. The molecule has 0 fully saturated rings. The maximum atomic E-state index is 11.8. The van der Waals surface area contributed by atoms with E-state index in [1.807, 2.05) is 13.8 Å². The molecule has 1 heterocycles. The Hall–Kier alpha value is -1.63. The highest BCUT2D eigenvalue weighted by Crippen LogP contribution is 2.11. The second-order valence-corrected chi connectivity index (χ2v) is 5.38. The van der Waals surface area contributed by atoms with Gasteiger partial charge >= 0.3 is 6.03 Å². The molecule has 0 bridgehead atoms. The molecule has 0 aliphatic heterocycles. The van der Waals surface area contributed by atoms with Gasteiger partial charge in [0.05, 0.1) is 0 Å². The van der Waals surface area contributed by atoms with Crippen molar-refractivity contribution in [2.24, 2.45) is 5.41 Å². The van der Waals surface area contributed by atoms with Crippen LogP contribution < -0.4 is 5.32 Å².